The first kappa shape index (κ1) is 15.0. The van der Waals surface area contributed by atoms with Gasteiger partial charge in [0.05, 0.1) is 18.4 Å². The lowest BCUT2D eigenvalue weighted by Gasteiger charge is -2.10. The highest BCUT2D eigenvalue weighted by molar-refractivity contribution is 9.11. The van der Waals surface area contributed by atoms with Gasteiger partial charge in [-0.3, -0.25) is 4.79 Å². The van der Waals surface area contributed by atoms with Gasteiger partial charge in [-0.25, -0.2) is 4.39 Å². The van der Waals surface area contributed by atoms with Crippen LogP contribution >= 0.6 is 31.9 Å². The van der Waals surface area contributed by atoms with Crippen LogP contribution < -0.4 is 10.1 Å². The van der Waals surface area contributed by atoms with Crippen molar-refractivity contribution in [1.29, 1.82) is 0 Å². The molecule has 0 aromatic heterocycles. The number of nitrogens with one attached hydrogen (secondary N) is 1. The lowest BCUT2D eigenvalue weighted by molar-refractivity contribution is 0.102. The van der Waals surface area contributed by atoms with Crippen molar-refractivity contribution in [1.82, 2.24) is 0 Å². The molecule has 0 heterocycles. The Balaban J connectivity index is 2.33. The molecule has 0 aliphatic carbocycles. The van der Waals surface area contributed by atoms with Crippen LogP contribution in [0.1, 0.15) is 10.4 Å². The third kappa shape index (κ3) is 3.19. The standard InChI is InChI=1S/C14H10Br2FNO2/c1-20-8-5-6-10(15)9(7-8)14(19)18-13-11(16)3-2-4-12(13)17/h2-7H,1H3,(H,18,19). The molecule has 6 heteroatoms. The number of carbonyl (C=O) groups is 1. The number of hydrogen-bond acceptors (Lipinski definition) is 2. The Morgan fingerprint density at radius 3 is 2.60 bits per heavy atom. The third-order valence-electron chi connectivity index (χ3n) is 2.62. The first-order valence-corrected chi connectivity index (χ1v) is 7.20. The minimum atomic E-state index is -0.508. The molecule has 0 atom stereocenters. The largest absolute Gasteiger partial charge is 0.497 e. The van der Waals surface area contributed by atoms with E-state index in [0.29, 0.717) is 20.3 Å². The monoisotopic (exact) mass is 401 g/mol. The molecule has 104 valence electrons. The summed E-state index contributed by atoms with van der Waals surface area (Å²) in [6.45, 7) is 0. The average molecular weight is 403 g/mol. The highest BCUT2D eigenvalue weighted by Crippen LogP contribution is 2.28. The zero-order valence-electron chi connectivity index (χ0n) is 10.4. The number of hydrogen-bond donors (Lipinski definition) is 1. The van der Waals surface area contributed by atoms with E-state index < -0.39 is 11.7 Å². The van der Waals surface area contributed by atoms with Crippen molar-refractivity contribution >= 4 is 43.5 Å². The Kier molecular flexibility index (Phi) is 4.77. The molecule has 0 fully saturated rings. The topological polar surface area (TPSA) is 38.3 Å². The van der Waals surface area contributed by atoms with Gasteiger partial charge < -0.3 is 10.1 Å². The second-order valence-electron chi connectivity index (χ2n) is 3.90. The molecule has 1 N–H and O–H groups in total. The number of methoxy groups -OCH3 is 1. The highest BCUT2D eigenvalue weighted by atomic mass is 79.9. The van der Waals surface area contributed by atoms with Gasteiger partial charge in [-0.05, 0) is 62.2 Å². The van der Waals surface area contributed by atoms with Gasteiger partial charge in [0.1, 0.15) is 11.6 Å². The van der Waals surface area contributed by atoms with E-state index in [9.17, 15) is 9.18 Å². The second kappa shape index (κ2) is 6.37. The van der Waals surface area contributed by atoms with Gasteiger partial charge in [0.2, 0.25) is 0 Å². The summed E-state index contributed by atoms with van der Waals surface area (Å²) in [6.07, 6.45) is 0. The van der Waals surface area contributed by atoms with Crippen LogP contribution in [0.3, 0.4) is 0 Å². The molecule has 2 rings (SSSR count). The number of halogens is 3. The first-order chi connectivity index (χ1) is 9.52. The summed E-state index contributed by atoms with van der Waals surface area (Å²) in [5.41, 5.74) is 0.465. The molecular weight excluding hydrogens is 393 g/mol. The fourth-order valence-electron chi connectivity index (χ4n) is 1.60. The quantitative estimate of drug-likeness (QED) is 0.813. The van der Waals surface area contributed by atoms with Gasteiger partial charge in [0, 0.05) is 8.95 Å². The molecule has 0 radical (unpaired) electrons. The number of para-hydroxylation sites is 1. The maximum Gasteiger partial charge on any atom is 0.257 e. The van der Waals surface area contributed by atoms with Gasteiger partial charge in [-0.15, -0.1) is 0 Å². The second-order valence-corrected chi connectivity index (χ2v) is 5.61. The zero-order valence-corrected chi connectivity index (χ0v) is 13.6. The zero-order chi connectivity index (χ0) is 14.7. The number of carbonyl (C=O) groups excluding carboxylic acids is 1. The van der Waals surface area contributed by atoms with Crippen molar-refractivity contribution < 1.29 is 13.9 Å². The van der Waals surface area contributed by atoms with Gasteiger partial charge in [0.25, 0.3) is 5.91 Å². The summed E-state index contributed by atoms with van der Waals surface area (Å²) in [4.78, 5) is 12.2. The summed E-state index contributed by atoms with van der Waals surface area (Å²) in [6, 6.07) is 9.48. The van der Waals surface area contributed by atoms with Crippen molar-refractivity contribution in [3.05, 3.63) is 56.7 Å². The first-order valence-electron chi connectivity index (χ1n) is 5.62. The van der Waals surface area contributed by atoms with Crippen LogP contribution in [0.15, 0.2) is 45.3 Å². The maximum absolute atomic E-state index is 13.7. The summed E-state index contributed by atoms with van der Waals surface area (Å²) >= 11 is 6.49. The predicted octanol–water partition coefficient (Wildman–Crippen LogP) is 4.61. The number of ether oxygens (including phenoxy) is 1. The average Bonchev–Trinajstić information content (AvgIpc) is 2.43. The molecule has 0 saturated carbocycles. The fraction of sp³-hybridized carbons (Fsp3) is 0.0714. The van der Waals surface area contributed by atoms with E-state index in [1.807, 2.05) is 0 Å². The molecule has 3 nitrogen and oxygen atoms in total. The van der Waals surface area contributed by atoms with E-state index in [-0.39, 0.29) is 5.69 Å². The van der Waals surface area contributed by atoms with E-state index in [4.69, 9.17) is 4.74 Å². The number of amides is 1. The maximum atomic E-state index is 13.7. The van der Waals surface area contributed by atoms with Gasteiger partial charge >= 0.3 is 0 Å². The summed E-state index contributed by atoms with van der Waals surface area (Å²) in [7, 11) is 1.51. The van der Waals surface area contributed by atoms with Crippen molar-refractivity contribution in [2.45, 2.75) is 0 Å². The summed E-state index contributed by atoms with van der Waals surface area (Å²) < 4.78 is 19.8. The van der Waals surface area contributed by atoms with Gasteiger partial charge in [-0.1, -0.05) is 6.07 Å². The molecule has 2 aromatic carbocycles. The Bertz CT molecular complexity index is 641. The lowest BCUT2D eigenvalue weighted by Crippen LogP contribution is -2.14. The number of anilines is 1. The smallest absolute Gasteiger partial charge is 0.257 e. The fourth-order valence-corrected chi connectivity index (χ4v) is 2.47. The van der Waals surface area contributed by atoms with Crippen molar-refractivity contribution in [2.24, 2.45) is 0 Å². The Morgan fingerprint density at radius 2 is 1.95 bits per heavy atom. The highest BCUT2D eigenvalue weighted by Gasteiger charge is 2.15. The predicted molar refractivity (Wildman–Crippen MR) is 82.7 cm³/mol. The van der Waals surface area contributed by atoms with E-state index in [0.717, 1.165) is 0 Å². The molecule has 0 aliphatic heterocycles. The van der Waals surface area contributed by atoms with E-state index in [1.165, 1.54) is 13.2 Å². The Hall–Kier alpha value is -1.40. The minimum Gasteiger partial charge on any atom is -0.497 e. The molecule has 1 amide bonds. The van der Waals surface area contributed by atoms with E-state index in [1.54, 1.807) is 30.3 Å². The molecule has 0 saturated heterocycles. The minimum absolute atomic E-state index is 0.104. The molecule has 0 unspecified atom stereocenters. The molecule has 0 aliphatic rings. The van der Waals surface area contributed by atoms with Crippen LogP contribution in [0.2, 0.25) is 0 Å². The SMILES string of the molecule is COc1ccc(Br)c(C(=O)Nc2c(F)cccc2Br)c1. The van der Waals surface area contributed by atoms with Crippen LogP contribution in [-0.2, 0) is 0 Å². The number of rotatable bonds is 3. The molecule has 0 bridgehead atoms. The van der Waals surface area contributed by atoms with E-state index in [2.05, 4.69) is 37.2 Å². The van der Waals surface area contributed by atoms with Crippen LogP contribution in [-0.4, -0.2) is 13.0 Å². The number of benzene rings is 2. The van der Waals surface area contributed by atoms with Crippen molar-refractivity contribution in [3.8, 4) is 5.75 Å². The molecular formula is C14H10Br2FNO2. The van der Waals surface area contributed by atoms with Gasteiger partial charge in [-0.2, -0.15) is 0 Å². The summed E-state index contributed by atoms with van der Waals surface area (Å²) in [5, 5.41) is 2.54. The van der Waals surface area contributed by atoms with Crippen molar-refractivity contribution in [2.75, 3.05) is 12.4 Å². The van der Waals surface area contributed by atoms with Crippen molar-refractivity contribution in [3.63, 3.8) is 0 Å². The van der Waals surface area contributed by atoms with E-state index >= 15 is 0 Å². The van der Waals surface area contributed by atoms with Gasteiger partial charge in [0.15, 0.2) is 0 Å². The van der Waals surface area contributed by atoms with Crippen LogP contribution in [0.25, 0.3) is 0 Å². The van der Waals surface area contributed by atoms with Crippen LogP contribution in [0.4, 0.5) is 10.1 Å². The summed E-state index contributed by atoms with van der Waals surface area (Å²) in [5.74, 6) is -0.390. The molecule has 20 heavy (non-hydrogen) atoms. The lowest BCUT2D eigenvalue weighted by atomic mass is 10.2. The molecule has 0 spiro atoms. The van der Waals surface area contributed by atoms with Crippen LogP contribution in [0.5, 0.6) is 5.75 Å². The third-order valence-corrected chi connectivity index (χ3v) is 3.97. The Morgan fingerprint density at radius 1 is 1.20 bits per heavy atom. The van der Waals surface area contributed by atoms with Crippen LogP contribution in [0, 0.1) is 5.82 Å². The normalized spacial score (nSPS) is 10.2. The molecule has 2 aromatic rings. The Labute approximate surface area is 132 Å².